The van der Waals surface area contributed by atoms with Crippen molar-refractivity contribution in [1.29, 1.82) is 0 Å². The van der Waals surface area contributed by atoms with Crippen molar-refractivity contribution < 1.29 is 19.0 Å². The molecule has 4 rings (SSSR count). The Morgan fingerprint density at radius 3 is 2.86 bits per heavy atom. The van der Waals surface area contributed by atoms with Gasteiger partial charge in [-0.15, -0.1) is 5.10 Å². The lowest BCUT2D eigenvalue weighted by atomic mass is 9.99. The third kappa shape index (κ3) is 5.90. The molecule has 2 atom stereocenters. The molecule has 0 unspecified atom stereocenters. The van der Waals surface area contributed by atoms with Crippen LogP contribution in [0.3, 0.4) is 0 Å². The van der Waals surface area contributed by atoms with Crippen LogP contribution in [0.5, 0.6) is 5.75 Å². The minimum atomic E-state index is -0.404. The summed E-state index contributed by atoms with van der Waals surface area (Å²) in [5.41, 5.74) is 1.21. The second-order valence-corrected chi connectivity index (χ2v) is 9.33. The zero-order valence-electron chi connectivity index (χ0n) is 21.3. The molecular formula is C25H34N6O5. The van der Waals surface area contributed by atoms with E-state index in [9.17, 15) is 9.59 Å². The van der Waals surface area contributed by atoms with E-state index in [1.54, 1.807) is 14.0 Å². The number of hydrogen-bond acceptors (Lipinski definition) is 9. The number of ether oxygens (including phenoxy) is 3. The van der Waals surface area contributed by atoms with E-state index in [-0.39, 0.29) is 36.8 Å². The van der Waals surface area contributed by atoms with Crippen LogP contribution >= 0.6 is 0 Å². The van der Waals surface area contributed by atoms with Crippen molar-refractivity contribution in [3.05, 3.63) is 46.0 Å². The minimum absolute atomic E-state index is 0.0419. The fraction of sp³-hybridized carbons (Fsp3) is 0.560. The minimum Gasteiger partial charge on any atom is -0.497 e. The Morgan fingerprint density at radius 2 is 2.17 bits per heavy atom. The van der Waals surface area contributed by atoms with E-state index < -0.39 is 5.97 Å². The molecule has 194 valence electrons. The molecule has 0 saturated carbocycles. The Kier molecular flexibility index (Phi) is 8.32. The second kappa shape index (κ2) is 11.6. The number of pyridine rings is 1. The van der Waals surface area contributed by atoms with E-state index in [4.69, 9.17) is 14.2 Å². The van der Waals surface area contributed by atoms with Crippen molar-refractivity contribution in [3.63, 3.8) is 0 Å². The third-order valence-corrected chi connectivity index (χ3v) is 6.40. The van der Waals surface area contributed by atoms with Gasteiger partial charge in [-0.05, 0) is 60.4 Å². The van der Waals surface area contributed by atoms with E-state index in [0.717, 1.165) is 36.1 Å². The summed E-state index contributed by atoms with van der Waals surface area (Å²) in [5.74, 6) is 0.946. The molecule has 1 aliphatic heterocycles. The number of benzene rings is 1. The first-order chi connectivity index (χ1) is 17.4. The summed E-state index contributed by atoms with van der Waals surface area (Å²) in [6.07, 6.45) is 1.99. The number of nitrogens with one attached hydrogen (secondary N) is 1. The number of aromatic nitrogens is 5. The lowest BCUT2D eigenvalue weighted by Gasteiger charge is -2.34. The number of esters is 1. The van der Waals surface area contributed by atoms with Crippen molar-refractivity contribution in [2.75, 3.05) is 26.9 Å². The van der Waals surface area contributed by atoms with Crippen molar-refractivity contribution in [3.8, 4) is 5.75 Å². The monoisotopic (exact) mass is 498 g/mol. The highest BCUT2D eigenvalue weighted by molar-refractivity contribution is 5.80. The third-order valence-electron chi connectivity index (χ3n) is 6.40. The van der Waals surface area contributed by atoms with Crippen LogP contribution in [0.2, 0.25) is 0 Å². The van der Waals surface area contributed by atoms with Crippen molar-refractivity contribution in [2.24, 2.45) is 5.92 Å². The highest BCUT2D eigenvalue weighted by atomic mass is 16.5. The molecule has 0 radical (unpaired) electrons. The maximum absolute atomic E-state index is 13.1. The van der Waals surface area contributed by atoms with E-state index in [1.165, 1.54) is 4.68 Å². The molecular weight excluding hydrogens is 464 g/mol. The molecule has 0 spiro atoms. The number of nitrogens with zero attached hydrogens (tertiary/aromatic N) is 5. The molecule has 36 heavy (non-hydrogen) atoms. The summed E-state index contributed by atoms with van der Waals surface area (Å²) in [7, 11) is 1.62. The van der Waals surface area contributed by atoms with Gasteiger partial charge in [0.25, 0.3) is 5.56 Å². The number of carbonyl (C=O) groups is 1. The number of tetrazole rings is 1. The van der Waals surface area contributed by atoms with Gasteiger partial charge in [0.2, 0.25) is 0 Å². The fourth-order valence-electron chi connectivity index (χ4n) is 4.77. The molecule has 11 heteroatoms. The summed E-state index contributed by atoms with van der Waals surface area (Å²) in [4.78, 5) is 30.4. The van der Waals surface area contributed by atoms with Gasteiger partial charge in [0.15, 0.2) is 5.82 Å². The molecule has 0 amide bonds. The average Bonchev–Trinajstić information content (AvgIpc) is 3.52. The zero-order chi connectivity index (χ0) is 25.7. The predicted molar refractivity (Wildman–Crippen MR) is 133 cm³/mol. The van der Waals surface area contributed by atoms with Gasteiger partial charge in [-0.3, -0.25) is 14.5 Å². The van der Waals surface area contributed by atoms with Crippen LogP contribution in [0, 0.1) is 5.92 Å². The summed E-state index contributed by atoms with van der Waals surface area (Å²) < 4.78 is 17.9. The van der Waals surface area contributed by atoms with Gasteiger partial charge in [0.05, 0.1) is 25.9 Å². The normalized spacial score (nSPS) is 16.7. The quantitative estimate of drug-likeness (QED) is 0.397. The Morgan fingerprint density at radius 1 is 1.33 bits per heavy atom. The highest BCUT2D eigenvalue weighted by Crippen LogP contribution is 2.30. The molecule has 3 aromatic rings. The van der Waals surface area contributed by atoms with Gasteiger partial charge in [-0.2, -0.15) is 0 Å². The maximum Gasteiger partial charge on any atom is 0.327 e. The number of rotatable bonds is 11. The van der Waals surface area contributed by atoms with Crippen LogP contribution in [0.25, 0.3) is 10.9 Å². The van der Waals surface area contributed by atoms with Crippen LogP contribution in [0.1, 0.15) is 51.0 Å². The molecule has 1 N–H and O–H groups in total. The van der Waals surface area contributed by atoms with Crippen molar-refractivity contribution >= 4 is 16.9 Å². The topological polar surface area (TPSA) is 124 Å². The van der Waals surface area contributed by atoms with Crippen LogP contribution in [0.4, 0.5) is 0 Å². The van der Waals surface area contributed by atoms with Crippen LogP contribution in [0.15, 0.2) is 29.1 Å². The van der Waals surface area contributed by atoms with E-state index in [0.29, 0.717) is 24.5 Å². The number of aromatic amines is 1. The molecule has 0 bridgehead atoms. The van der Waals surface area contributed by atoms with Gasteiger partial charge in [-0.1, -0.05) is 13.8 Å². The van der Waals surface area contributed by atoms with E-state index >= 15 is 0 Å². The van der Waals surface area contributed by atoms with E-state index in [2.05, 4.69) is 39.3 Å². The van der Waals surface area contributed by atoms with Crippen LogP contribution < -0.4 is 10.3 Å². The largest absolute Gasteiger partial charge is 0.497 e. The smallest absolute Gasteiger partial charge is 0.327 e. The van der Waals surface area contributed by atoms with E-state index in [1.807, 2.05) is 24.3 Å². The molecule has 1 aromatic carbocycles. The first-order valence-corrected chi connectivity index (χ1v) is 12.4. The molecule has 11 nitrogen and oxygen atoms in total. The predicted octanol–water partition coefficient (Wildman–Crippen LogP) is 2.46. The van der Waals surface area contributed by atoms with Crippen LogP contribution in [-0.4, -0.2) is 69.0 Å². The average molecular weight is 499 g/mol. The number of H-pyrrole nitrogens is 1. The Labute approximate surface area is 209 Å². The number of hydrogen-bond donors (Lipinski definition) is 1. The maximum atomic E-state index is 13.1. The zero-order valence-corrected chi connectivity index (χ0v) is 21.3. The number of carbonyl (C=O) groups excluding carboxylic acids is 1. The number of fused-ring (bicyclic) bond motifs is 1. The van der Waals surface area contributed by atoms with Gasteiger partial charge < -0.3 is 19.2 Å². The number of methoxy groups -OCH3 is 1. The molecule has 1 saturated heterocycles. The fourth-order valence-corrected chi connectivity index (χ4v) is 4.77. The summed E-state index contributed by atoms with van der Waals surface area (Å²) in [5, 5.41) is 13.1. The molecule has 2 aromatic heterocycles. The van der Waals surface area contributed by atoms with Gasteiger partial charge in [0, 0.05) is 36.2 Å². The lowest BCUT2D eigenvalue weighted by Crippen LogP contribution is -2.40. The van der Waals surface area contributed by atoms with Crippen molar-refractivity contribution in [2.45, 2.75) is 58.8 Å². The first kappa shape index (κ1) is 25.8. The second-order valence-electron chi connectivity index (χ2n) is 9.33. The van der Waals surface area contributed by atoms with Crippen molar-refractivity contribution in [1.82, 2.24) is 30.1 Å². The molecule has 1 fully saturated rings. The first-order valence-electron chi connectivity index (χ1n) is 12.4. The van der Waals surface area contributed by atoms with Gasteiger partial charge in [0.1, 0.15) is 12.3 Å². The summed E-state index contributed by atoms with van der Waals surface area (Å²) in [6, 6.07) is 7.19. The summed E-state index contributed by atoms with van der Waals surface area (Å²) >= 11 is 0. The Balaban J connectivity index is 1.71. The standard InChI is InChI=1S/C25H34N6O5/c1-5-35-22(32)15-31-24(27-28-29-31)23(16(2)3)30(14-20-7-6-10-36-20)13-18-11-17-12-19(34-4)8-9-21(17)26-25(18)33/h8-9,11-12,16,20,23H,5-7,10,13-15H2,1-4H3,(H,26,33)/t20-,23-/m1/s1. The van der Waals surface area contributed by atoms with Crippen LogP contribution in [-0.2, 0) is 27.4 Å². The lowest BCUT2D eigenvalue weighted by molar-refractivity contribution is -0.144. The molecule has 0 aliphatic carbocycles. The van der Waals surface area contributed by atoms with Gasteiger partial charge >= 0.3 is 5.97 Å². The Bertz CT molecular complexity index is 1230. The highest BCUT2D eigenvalue weighted by Gasteiger charge is 2.33. The van der Waals surface area contributed by atoms with Gasteiger partial charge in [-0.25, -0.2) is 4.68 Å². The SMILES string of the molecule is CCOC(=O)Cn1nnnc1[C@@H](C(C)C)N(Cc1cc2cc(OC)ccc2[nH]c1=O)C[C@H]1CCCO1. The summed E-state index contributed by atoms with van der Waals surface area (Å²) in [6.45, 7) is 7.80. The molecule has 1 aliphatic rings. The Hall–Kier alpha value is -3.31. The molecule has 3 heterocycles.